The number of anilines is 1. The number of hydrogen-bond acceptors (Lipinski definition) is 6. The molecule has 6 nitrogen and oxygen atoms in total. The van der Waals surface area contributed by atoms with Crippen LogP contribution in [0.3, 0.4) is 0 Å². The zero-order valence-electron chi connectivity index (χ0n) is 14.0. The highest BCUT2D eigenvalue weighted by molar-refractivity contribution is 7.17. The number of halogens is 2. The Morgan fingerprint density at radius 2 is 2.00 bits per heavy atom. The molecule has 2 aromatic rings. The molecule has 9 heteroatoms. The Hall–Kier alpha value is -2.81. The number of ether oxygens (including phenoxy) is 2. The van der Waals surface area contributed by atoms with Gasteiger partial charge in [0.1, 0.15) is 10.6 Å². The molecule has 0 fully saturated rings. The van der Waals surface area contributed by atoms with E-state index in [-0.39, 0.29) is 17.5 Å². The molecule has 1 N–H and O–H groups in total. The zero-order valence-corrected chi connectivity index (χ0v) is 14.8. The lowest BCUT2D eigenvalue weighted by molar-refractivity contribution is -0.111. The van der Waals surface area contributed by atoms with Gasteiger partial charge in [-0.05, 0) is 37.6 Å². The van der Waals surface area contributed by atoms with Crippen LogP contribution < -0.4 is 10.1 Å². The second kappa shape index (κ2) is 9.04. The van der Waals surface area contributed by atoms with E-state index in [1.165, 1.54) is 36.4 Å². The first-order valence-corrected chi connectivity index (χ1v) is 8.39. The van der Waals surface area contributed by atoms with Gasteiger partial charge in [-0.3, -0.25) is 10.1 Å². The fourth-order valence-electron chi connectivity index (χ4n) is 1.92. The number of nitrogens with zero attached hydrogens (tertiary/aromatic N) is 1. The van der Waals surface area contributed by atoms with E-state index >= 15 is 0 Å². The first kappa shape index (κ1) is 19.5. The summed E-state index contributed by atoms with van der Waals surface area (Å²) in [7, 11) is 0. The third-order valence-electron chi connectivity index (χ3n) is 3.02. The quantitative estimate of drug-likeness (QED) is 0.581. The number of hydrogen-bond donors (Lipinski definition) is 1. The van der Waals surface area contributed by atoms with Gasteiger partial charge in [-0.2, -0.15) is 8.78 Å². The maximum Gasteiger partial charge on any atom is 0.387 e. The van der Waals surface area contributed by atoms with Crippen molar-refractivity contribution in [1.82, 2.24) is 4.98 Å². The molecule has 138 valence electrons. The molecule has 1 aromatic heterocycles. The van der Waals surface area contributed by atoms with Gasteiger partial charge in [0, 0.05) is 6.08 Å². The summed E-state index contributed by atoms with van der Waals surface area (Å²) >= 11 is 1.03. The van der Waals surface area contributed by atoms with Crippen molar-refractivity contribution >= 4 is 34.4 Å². The first-order valence-electron chi connectivity index (χ1n) is 7.57. The molecule has 0 spiro atoms. The Morgan fingerprint density at radius 1 is 1.31 bits per heavy atom. The number of nitrogens with one attached hydrogen (secondary N) is 1. The summed E-state index contributed by atoms with van der Waals surface area (Å²) in [6, 6.07) is 5.82. The minimum absolute atomic E-state index is 0.0337. The SMILES string of the molecule is CCOC(=O)c1sc(NC(=O)C=Cc2ccc(OC(F)F)cc2)nc1C. The third kappa shape index (κ3) is 5.62. The van der Waals surface area contributed by atoms with Crippen LogP contribution >= 0.6 is 11.3 Å². The minimum Gasteiger partial charge on any atom is -0.462 e. The number of amides is 1. The lowest BCUT2D eigenvalue weighted by atomic mass is 10.2. The van der Waals surface area contributed by atoms with Crippen LogP contribution in [0.5, 0.6) is 5.75 Å². The van der Waals surface area contributed by atoms with Gasteiger partial charge < -0.3 is 9.47 Å². The Morgan fingerprint density at radius 3 is 2.62 bits per heavy atom. The molecular weight excluding hydrogens is 366 g/mol. The summed E-state index contributed by atoms with van der Waals surface area (Å²) in [4.78, 5) is 28.1. The lowest BCUT2D eigenvalue weighted by Gasteiger charge is -2.03. The highest BCUT2D eigenvalue weighted by atomic mass is 32.1. The molecule has 0 aliphatic carbocycles. The number of carbonyl (C=O) groups is 2. The Kier molecular flexibility index (Phi) is 6.79. The van der Waals surface area contributed by atoms with Gasteiger partial charge in [0.25, 0.3) is 0 Å². The van der Waals surface area contributed by atoms with Crippen LogP contribution in [0.4, 0.5) is 13.9 Å². The van der Waals surface area contributed by atoms with Crippen molar-refractivity contribution in [1.29, 1.82) is 0 Å². The topological polar surface area (TPSA) is 77.5 Å². The van der Waals surface area contributed by atoms with Crippen LogP contribution in [0.15, 0.2) is 30.3 Å². The largest absolute Gasteiger partial charge is 0.462 e. The van der Waals surface area contributed by atoms with Gasteiger partial charge in [0.05, 0.1) is 12.3 Å². The molecule has 0 saturated heterocycles. The Labute approximate surface area is 152 Å². The van der Waals surface area contributed by atoms with Gasteiger partial charge in [-0.25, -0.2) is 9.78 Å². The predicted molar refractivity (Wildman–Crippen MR) is 93.5 cm³/mol. The van der Waals surface area contributed by atoms with Gasteiger partial charge >= 0.3 is 12.6 Å². The molecular formula is C17H16F2N2O4S. The maximum absolute atomic E-state index is 12.1. The summed E-state index contributed by atoms with van der Waals surface area (Å²) in [5, 5.41) is 2.84. The van der Waals surface area contributed by atoms with Crippen LogP contribution in [0, 0.1) is 6.92 Å². The molecule has 0 aliphatic heterocycles. The van der Waals surface area contributed by atoms with Crippen molar-refractivity contribution in [3.8, 4) is 5.75 Å². The number of aryl methyl sites for hydroxylation is 1. The molecule has 0 unspecified atom stereocenters. The maximum atomic E-state index is 12.1. The van der Waals surface area contributed by atoms with E-state index in [0.717, 1.165) is 11.3 Å². The van der Waals surface area contributed by atoms with Gasteiger partial charge in [-0.15, -0.1) is 0 Å². The molecule has 2 rings (SSSR count). The predicted octanol–water partition coefficient (Wildman–Crippen LogP) is 3.88. The second-order valence-electron chi connectivity index (χ2n) is 4.92. The number of alkyl halides is 2. The monoisotopic (exact) mass is 382 g/mol. The van der Waals surface area contributed by atoms with Crippen molar-refractivity contribution in [2.75, 3.05) is 11.9 Å². The molecule has 0 aliphatic rings. The van der Waals surface area contributed by atoms with E-state index in [0.29, 0.717) is 16.1 Å². The summed E-state index contributed by atoms with van der Waals surface area (Å²) in [6.07, 6.45) is 2.78. The number of thiazole rings is 1. The van der Waals surface area contributed by atoms with Crippen molar-refractivity contribution in [2.45, 2.75) is 20.5 Å². The Bertz CT molecular complexity index is 804. The molecule has 26 heavy (non-hydrogen) atoms. The van der Waals surface area contributed by atoms with Crippen LogP contribution in [-0.2, 0) is 9.53 Å². The normalized spacial score (nSPS) is 11.0. The first-order chi connectivity index (χ1) is 12.4. The van der Waals surface area contributed by atoms with Crippen LogP contribution in [0.1, 0.15) is 27.9 Å². The van der Waals surface area contributed by atoms with E-state index < -0.39 is 18.5 Å². The van der Waals surface area contributed by atoms with Crippen LogP contribution in [0.2, 0.25) is 0 Å². The molecule has 0 atom stereocenters. The standard InChI is InChI=1S/C17H16F2N2O4S/c1-3-24-15(23)14-10(2)20-17(26-14)21-13(22)9-6-11-4-7-12(8-5-11)25-16(18)19/h4-9,16H,3H2,1-2H3,(H,20,21,22). The fourth-order valence-corrected chi connectivity index (χ4v) is 2.78. The van der Waals surface area contributed by atoms with Crippen molar-refractivity contribution < 1.29 is 27.8 Å². The van der Waals surface area contributed by atoms with E-state index in [1.807, 2.05) is 0 Å². The number of esters is 1. The molecule has 0 saturated carbocycles. The van der Waals surface area contributed by atoms with Crippen LogP contribution in [-0.4, -0.2) is 30.1 Å². The number of rotatable bonds is 7. The van der Waals surface area contributed by atoms with E-state index in [4.69, 9.17) is 4.74 Å². The van der Waals surface area contributed by atoms with E-state index in [9.17, 15) is 18.4 Å². The zero-order chi connectivity index (χ0) is 19.1. The van der Waals surface area contributed by atoms with Crippen molar-refractivity contribution in [3.05, 3.63) is 46.5 Å². The average molecular weight is 382 g/mol. The Balaban J connectivity index is 1.97. The summed E-state index contributed by atoms with van der Waals surface area (Å²) in [6.45, 7) is 0.718. The van der Waals surface area contributed by atoms with E-state index in [2.05, 4.69) is 15.0 Å². The third-order valence-corrected chi connectivity index (χ3v) is 4.07. The van der Waals surface area contributed by atoms with E-state index in [1.54, 1.807) is 13.8 Å². The fraction of sp³-hybridized carbons (Fsp3) is 0.235. The highest BCUT2D eigenvalue weighted by Gasteiger charge is 2.16. The van der Waals surface area contributed by atoms with Gasteiger partial charge in [-0.1, -0.05) is 23.5 Å². The average Bonchev–Trinajstić information content (AvgIpc) is 2.94. The van der Waals surface area contributed by atoms with Crippen molar-refractivity contribution in [3.63, 3.8) is 0 Å². The smallest absolute Gasteiger partial charge is 0.387 e. The van der Waals surface area contributed by atoms with Gasteiger partial charge in [0.2, 0.25) is 5.91 Å². The van der Waals surface area contributed by atoms with Crippen LogP contribution in [0.25, 0.3) is 6.08 Å². The summed E-state index contributed by atoms with van der Waals surface area (Å²) in [5.74, 6) is -0.891. The molecule has 0 radical (unpaired) electrons. The second-order valence-corrected chi connectivity index (χ2v) is 5.92. The van der Waals surface area contributed by atoms with Gasteiger partial charge in [0.15, 0.2) is 5.13 Å². The minimum atomic E-state index is -2.89. The molecule has 1 aromatic carbocycles. The number of benzene rings is 1. The number of aromatic nitrogens is 1. The lowest BCUT2D eigenvalue weighted by Crippen LogP contribution is -2.07. The molecule has 1 amide bonds. The van der Waals surface area contributed by atoms with Crippen molar-refractivity contribution in [2.24, 2.45) is 0 Å². The molecule has 0 bridgehead atoms. The summed E-state index contributed by atoms with van der Waals surface area (Å²) in [5.41, 5.74) is 1.10. The highest BCUT2D eigenvalue weighted by Crippen LogP contribution is 2.23. The number of carbonyl (C=O) groups excluding carboxylic acids is 2. The molecule has 1 heterocycles. The summed E-state index contributed by atoms with van der Waals surface area (Å²) < 4.78 is 33.3.